The second-order valence-corrected chi connectivity index (χ2v) is 10.1. The molecule has 0 aliphatic carbocycles. The highest BCUT2D eigenvalue weighted by atomic mass is 19.1. The van der Waals surface area contributed by atoms with Gasteiger partial charge in [0.2, 0.25) is 0 Å². The number of hydrogen-bond donors (Lipinski definition) is 0. The molecule has 0 fully saturated rings. The first-order valence-electron chi connectivity index (χ1n) is 14.5. The fourth-order valence-electron chi connectivity index (χ4n) is 4.43. The number of unbranched alkanes of at least 4 members (excludes halogenated alkanes) is 12. The van der Waals surface area contributed by atoms with Crippen molar-refractivity contribution in [2.45, 2.75) is 129 Å². The number of alkyl halides is 1. The van der Waals surface area contributed by atoms with Crippen LogP contribution in [-0.2, 0) is 6.42 Å². The van der Waals surface area contributed by atoms with E-state index in [-0.39, 0.29) is 18.8 Å². The van der Waals surface area contributed by atoms with Crippen molar-refractivity contribution in [2.24, 2.45) is 0 Å². The van der Waals surface area contributed by atoms with E-state index in [0.717, 1.165) is 31.2 Å². The summed E-state index contributed by atoms with van der Waals surface area (Å²) in [7, 11) is 0. The maximum Gasteiger partial charge on any atom is 0.165 e. The molecule has 5 heteroatoms. The zero-order valence-corrected chi connectivity index (χ0v) is 22.8. The molecule has 1 aromatic heterocycles. The first-order chi connectivity index (χ1) is 17.6. The van der Waals surface area contributed by atoms with Gasteiger partial charge in [-0.3, -0.25) is 0 Å². The van der Waals surface area contributed by atoms with Crippen molar-refractivity contribution in [2.75, 3.05) is 6.61 Å². The average Bonchev–Trinajstić information content (AvgIpc) is 2.89. The molecule has 0 saturated carbocycles. The molecular weight excluding hydrogens is 454 g/mol. The number of hydrogen-bond acceptors (Lipinski definition) is 3. The van der Waals surface area contributed by atoms with Crippen molar-refractivity contribution in [1.82, 2.24) is 9.97 Å². The van der Waals surface area contributed by atoms with E-state index in [0.29, 0.717) is 17.8 Å². The summed E-state index contributed by atoms with van der Waals surface area (Å²) < 4.78 is 33.7. The predicted octanol–water partition coefficient (Wildman–Crippen LogP) is 9.82. The molecule has 0 radical (unpaired) electrons. The molecule has 3 nitrogen and oxygen atoms in total. The monoisotopic (exact) mass is 502 g/mol. The minimum atomic E-state index is -0.894. The van der Waals surface area contributed by atoms with Crippen molar-refractivity contribution in [3.05, 3.63) is 42.0 Å². The lowest BCUT2D eigenvalue weighted by Gasteiger charge is -2.11. The summed E-state index contributed by atoms with van der Waals surface area (Å²) in [6.07, 6.45) is 22.5. The third kappa shape index (κ3) is 12.8. The zero-order chi connectivity index (χ0) is 25.8. The van der Waals surface area contributed by atoms with Crippen molar-refractivity contribution >= 4 is 0 Å². The van der Waals surface area contributed by atoms with Gasteiger partial charge in [0.1, 0.15) is 6.17 Å². The average molecular weight is 503 g/mol. The van der Waals surface area contributed by atoms with Gasteiger partial charge in [-0.15, -0.1) is 0 Å². The van der Waals surface area contributed by atoms with Crippen LogP contribution in [0.3, 0.4) is 0 Å². The number of nitrogens with zero attached hydrogens (tertiary/aromatic N) is 2. The first-order valence-corrected chi connectivity index (χ1v) is 14.5. The highest BCUT2D eigenvalue weighted by Gasteiger charge is 2.11. The van der Waals surface area contributed by atoms with E-state index in [1.165, 1.54) is 76.7 Å². The standard InChI is InChI=1S/C31H48F2N2O/c1-3-5-7-8-9-10-11-12-13-14-15-16-17-26-24-34-31(35-25-26)27-19-20-30(29(33)23-27)36-22-21-28(32)18-6-4-2/h19-20,23-25,28H,3-18,21-22H2,1-2H3. The van der Waals surface area contributed by atoms with Crippen molar-refractivity contribution in [1.29, 1.82) is 0 Å². The van der Waals surface area contributed by atoms with Crippen molar-refractivity contribution in [3.8, 4) is 17.1 Å². The molecule has 0 aliphatic rings. The van der Waals surface area contributed by atoms with Crippen LogP contribution in [0.4, 0.5) is 8.78 Å². The Morgan fingerprint density at radius 3 is 1.92 bits per heavy atom. The number of ether oxygens (including phenoxy) is 1. The molecule has 0 saturated heterocycles. The minimum absolute atomic E-state index is 0.144. The zero-order valence-electron chi connectivity index (χ0n) is 22.8. The van der Waals surface area contributed by atoms with E-state index in [2.05, 4.69) is 16.9 Å². The van der Waals surface area contributed by atoms with Crippen LogP contribution in [-0.4, -0.2) is 22.7 Å². The van der Waals surface area contributed by atoms with Gasteiger partial charge in [0, 0.05) is 24.4 Å². The molecular formula is C31H48F2N2O. The minimum Gasteiger partial charge on any atom is -0.490 e. The molecule has 1 unspecified atom stereocenters. The van der Waals surface area contributed by atoms with Crippen LogP contribution in [0.1, 0.15) is 122 Å². The molecule has 0 spiro atoms. The number of aromatic nitrogens is 2. The van der Waals surface area contributed by atoms with E-state index in [1.807, 2.05) is 19.3 Å². The molecule has 36 heavy (non-hydrogen) atoms. The summed E-state index contributed by atoms with van der Waals surface area (Å²) >= 11 is 0. The first kappa shape index (κ1) is 30.2. The van der Waals surface area contributed by atoms with Crippen molar-refractivity contribution in [3.63, 3.8) is 0 Å². The normalized spacial score (nSPS) is 12.1. The molecule has 2 rings (SSSR count). The Labute approximate surface area is 218 Å². The summed E-state index contributed by atoms with van der Waals surface area (Å²) in [6.45, 7) is 4.48. The largest absolute Gasteiger partial charge is 0.490 e. The van der Waals surface area contributed by atoms with Gasteiger partial charge in [0.05, 0.1) is 6.61 Å². The number of aryl methyl sites for hydroxylation is 1. The van der Waals surface area contributed by atoms with Crippen LogP contribution < -0.4 is 4.74 Å². The smallest absolute Gasteiger partial charge is 0.165 e. The lowest BCUT2D eigenvalue weighted by atomic mass is 10.0. The Balaban J connectivity index is 1.62. The fourth-order valence-corrected chi connectivity index (χ4v) is 4.43. The van der Waals surface area contributed by atoms with Crippen LogP contribution in [0, 0.1) is 5.82 Å². The molecule has 0 bridgehead atoms. The second kappa shape index (κ2) is 19.1. The van der Waals surface area contributed by atoms with E-state index in [9.17, 15) is 8.78 Å². The summed E-state index contributed by atoms with van der Waals surface area (Å²) in [5, 5.41) is 0. The van der Waals surface area contributed by atoms with Gasteiger partial charge >= 0.3 is 0 Å². The Bertz CT molecular complexity index is 813. The lowest BCUT2D eigenvalue weighted by molar-refractivity contribution is 0.218. The van der Waals surface area contributed by atoms with Gasteiger partial charge in [-0.2, -0.15) is 0 Å². The van der Waals surface area contributed by atoms with E-state index in [4.69, 9.17) is 4.74 Å². The van der Waals surface area contributed by atoms with Crippen LogP contribution >= 0.6 is 0 Å². The van der Waals surface area contributed by atoms with Crippen LogP contribution in [0.25, 0.3) is 11.4 Å². The molecule has 0 aliphatic heterocycles. The van der Waals surface area contributed by atoms with Gasteiger partial charge in [-0.25, -0.2) is 18.7 Å². The van der Waals surface area contributed by atoms with Gasteiger partial charge < -0.3 is 4.74 Å². The molecule has 1 aromatic carbocycles. The molecule has 2 aromatic rings. The van der Waals surface area contributed by atoms with E-state index < -0.39 is 12.0 Å². The number of rotatable bonds is 21. The lowest BCUT2D eigenvalue weighted by Crippen LogP contribution is -2.08. The van der Waals surface area contributed by atoms with Gasteiger partial charge in [0.25, 0.3) is 0 Å². The Kier molecular flexibility index (Phi) is 16.0. The predicted molar refractivity (Wildman–Crippen MR) is 147 cm³/mol. The molecule has 1 atom stereocenters. The van der Waals surface area contributed by atoms with E-state index in [1.54, 1.807) is 12.1 Å². The Morgan fingerprint density at radius 1 is 0.750 bits per heavy atom. The number of benzene rings is 1. The summed E-state index contributed by atoms with van der Waals surface area (Å²) in [4.78, 5) is 8.88. The summed E-state index contributed by atoms with van der Waals surface area (Å²) in [6, 6.07) is 4.72. The maximum absolute atomic E-state index is 14.5. The third-order valence-corrected chi connectivity index (χ3v) is 6.77. The quantitative estimate of drug-likeness (QED) is 0.159. The highest BCUT2D eigenvalue weighted by Crippen LogP contribution is 2.24. The van der Waals surface area contributed by atoms with Crippen LogP contribution in [0.15, 0.2) is 30.6 Å². The highest BCUT2D eigenvalue weighted by molar-refractivity contribution is 5.56. The Hall–Kier alpha value is -2.04. The molecule has 0 N–H and O–H groups in total. The second-order valence-electron chi connectivity index (χ2n) is 10.1. The maximum atomic E-state index is 14.5. The van der Waals surface area contributed by atoms with Crippen LogP contribution in [0.2, 0.25) is 0 Å². The van der Waals surface area contributed by atoms with Crippen LogP contribution in [0.5, 0.6) is 5.75 Å². The Morgan fingerprint density at radius 2 is 1.33 bits per heavy atom. The van der Waals surface area contributed by atoms with Gasteiger partial charge in [-0.1, -0.05) is 97.3 Å². The van der Waals surface area contributed by atoms with Gasteiger partial charge in [0.15, 0.2) is 17.4 Å². The fraction of sp³-hybridized carbons (Fsp3) is 0.677. The molecule has 202 valence electrons. The summed E-state index contributed by atoms with van der Waals surface area (Å²) in [5.74, 6) is 0.174. The summed E-state index contributed by atoms with van der Waals surface area (Å²) in [5.41, 5.74) is 1.73. The molecule has 0 amide bonds. The SMILES string of the molecule is CCCCCCCCCCCCCCc1cnc(-c2ccc(OCCC(F)CCCC)c(F)c2)nc1. The number of halogens is 2. The topological polar surface area (TPSA) is 35.0 Å². The van der Waals surface area contributed by atoms with E-state index >= 15 is 0 Å². The molecule has 1 heterocycles. The van der Waals surface area contributed by atoms with Crippen molar-refractivity contribution < 1.29 is 13.5 Å². The third-order valence-electron chi connectivity index (χ3n) is 6.77. The van der Waals surface area contributed by atoms with Gasteiger partial charge in [-0.05, 0) is 43.0 Å².